The third-order valence-electron chi connectivity index (χ3n) is 2.87. The molecule has 0 saturated carbocycles. The van der Waals surface area contributed by atoms with Crippen LogP contribution >= 0.6 is 11.3 Å². The summed E-state index contributed by atoms with van der Waals surface area (Å²) < 4.78 is 0. The van der Waals surface area contributed by atoms with Gasteiger partial charge in [0.2, 0.25) is 0 Å². The van der Waals surface area contributed by atoms with Crippen LogP contribution in [0.1, 0.15) is 61.3 Å². The van der Waals surface area contributed by atoms with Gasteiger partial charge in [-0.15, -0.1) is 11.3 Å². The van der Waals surface area contributed by atoms with Gasteiger partial charge in [-0.2, -0.15) is 0 Å². The number of carboxylic acids is 1. The second-order valence-electron chi connectivity index (χ2n) is 4.50. The molecule has 1 unspecified atom stereocenters. The van der Waals surface area contributed by atoms with Crippen LogP contribution in [0.15, 0.2) is 0 Å². The lowest BCUT2D eigenvalue weighted by Crippen LogP contribution is -2.19. The number of anilines is 1. The molecule has 0 aliphatic rings. The molecule has 0 saturated heterocycles. The van der Waals surface area contributed by atoms with Crippen LogP contribution in [0.5, 0.6) is 0 Å². The first-order valence-corrected chi connectivity index (χ1v) is 7.37. The van der Waals surface area contributed by atoms with E-state index >= 15 is 0 Å². The number of aryl methyl sites for hydroxylation is 1. The van der Waals surface area contributed by atoms with E-state index in [0.29, 0.717) is 6.04 Å². The van der Waals surface area contributed by atoms with Gasteiger partial charge in [0.15, 0.2) is 10.8 Å². The predicted molar refractivity (Wildman–Crippen MR) is 75.7 cm³/mol. The van der Waals surface area contributed by atoms with Crippen LogP contribution in [0.25, 0.3) is 0 Å². The fourth-order valence-corrected chi connectivity index (χ4v) is 2.80. The van der Waals surface area contributed by atoms with Crippen molar-refractivity contribution in [2.45, 2.75) is 58.9 Å². The lowest BCUT2D eigenvalue weighted by Gasteiger charge is -2.16. The van der Waals surface area contributed by atoms with E-state index in [1.807, 2.05) is 0 Å². The maximum Gasteiger partial charge on any atom is 0.355 e. The van der Waals surface area contributed by atoms with Crippen LogP contribution in [0, 0.1) is 6.92 Å². The number of thiazole rings is 1. The van der Waals surface area contributed by atoms with E-state index in [0.717, 1.165) is 29.3 Å². The summed E-state index contributed by atoms with van der Waals surface area (Å²) in [5.74, 6) is -0.947. The third-order valence-corrected chi connectivity index (χ3v) is 3.77. The summed E-state index contributed by atoms with van der Waals surface area (Å²) in [6.07, 6.45) is 5.71. The zero-order valence-electron chi connectivity index (χ0n) is 11.3. The van der Waals surface area contributed by atoms with E-state index in [-0.39, 0.29) is 5.69 Å². The van der Waals surface area contributed by atoms with Gasteiger partial charge in [0.25, 0.3) is 0 Å². The Labute approximate surface area is 112 Å². The smallest absolute Gasteiger partial charge is 0.355 e. The van der Waals surface area contributed by atoms with Crippen molar-refractivity contribution in [3.8, 4) is 0 Å². The number of hydrogen-bond donors (Lipinski definition) is 2. The van der Waals surface area contributed by atoms with Crippen LogP contribution in [-0.4, -0.2) is 22.1 Å². The number of carbonyl (C=O) groups is 1. The first-order valence-electron chi connectivity index (χ1n) is 6.55. The highest BCUT2D eigenvalue weighted by Crippen LogP contribution is 2.24. The number of aromatic carboxylic acids is 1. The number of unbranched alkanes of at least 4 members (excludes halogenated alkanes) is 1. The molecule has 102 valence electrons. The Morgan fingerprint density at radius 3 is 2.61 bits per heavy atom. The molecule has 1 aromatic heterocycles. The monoisotopic (exact) mass is 270 g/mol. The Balaban J connectivity index is 2.68. The highest BCUT2D eigenvalue weighted by atomic mass is 32.1. The van der Waals surface area contributed by atoms with Crippen molar-refractivity contribution in [2.75, 3.05) is 5.32 Å². The van der Waals surface area contributed by atoms with Crippen molar-refractivity contribution in [1.82, 2.24) is 4.98 Å². The van der Waals surface area contributed by atoms with E-state index in [1.54, 1.807) is 6.92 Å². The molecule has 0 radical (unpaired) electrons. The molecular weight excluding hydrogens is 248 g/mol. The molecule has 5 heteroatoms. The zero-order valence-corrected chi connectivity index (χ0v) is 12.1. The number of rotatable bonds is 8. The molecule has 0 aromatic carbocycles. The normalized spacial score (nSPS) is 12.4. The molecule has 2 N–H and O–H groups in total. The van der Waals surface area contributed by atoms with Gasteiger partial charge in [0.05, 0.1) is 0 Å². The Bertz CT molecular complexity index is 390. The standard InChI is InChI=1S/C13H22N2O2S/c1-4-6-8-10(7-5-2)14-13-15-11(12(16)17)9(3)18-13/h10H,4-8H2,1-3H3,(H,14,15)(H,16,17). The molecule has 1 rings (SSSR count). The minimum absolute atomic E-state index is 0.174. The molecule has 1 atom stereocenters. The average Bonchev–Trinajstić information content (AvgIpc) is 2.67. The van der Waals surface area contributed by atoms with E-state index in [1.165, 1.54) is 24.2 Å². The maximum absolute atomic E-state index is 10.9. The summed E-state index contributed by atoms with van der Waals surface area (Å²) in [5, 5.41) is 13.1. The van der Waals surface area contributed by atoms with Gasteiger partial charge in [-0.3, -0.25) is 0 Å². The van der Waals surface area contributed by atoms with Crippen molar-refractivity contribution >= 4 is 22.4 Å². The van der Waals surface area contributed by atoms with Gasteiger partial charge < -0.3 is 10.4 Å². The minimum atomic E-state index is -0.947. The summed E-state index contributed by atoms with van der Waals surface area (Å²) in [6.45, 7) is 6.14. The van der Waals surface area contributed by atoms with Gasteiger partial charge in [0.1, 0.15) is 0 Å². The Hall–Kier alpha value is -1.10. The van der Waals surface area contributed by atoms with Gasteiger partial charge in [0, 0.05) is 10.9 Å². The predicted octanol–water partition coefficient (Wildman–Crippen LogP) is 3.92. The van der Waals surface area contributed by atoms with Gasteiger partial charge in [-0.25, -0.2) is 9.78 Å². The highest BCUT2D eigenvalue weighted by molar-refractivity contribution is 7.15. The fraction of sp³-hybridized carbons (Fsp3) is 0.692. The van der Waals surface area contributed by atoms with Gasteiger partial charge in [-0.05, 0) is 19.8 Å². The van der Waals surface area contributed by atoms with E-state index in [2.05, 4.69) is 24.1 Å². The van der Waals surface area contributed by atoms with E-state index in [4.69, 9.17) is 5.11 Å². The molecule has 0 spiro atoms. The van der Waals surface area contributed by atoms with E-state index in [9.17, 15) is 4.79 Å². The Morgan fingerprint density at radius 1 is 1.39 bits per heavy atom. The first-order chi connectivity index (χ1) is 8.58. The number of carboxylic acid groups (broad SMARTS) is 1. The maximum atomic E-state index is 10.9. The van der Waals surface area contributed by atoms with Crippen molar-refractivity contribution in [2.24, 2.45) is 0 Å². The molecular formula is C13H22N2O2S. The van der Waals surface area contributed by atoms with Crippen LogP contribution in [-0.2, 0) is 0 Å². The van der Waals surface area contributed by atoms with Gasteiger partial charge >= 0.3 is 5.97 Å². The summed E-state index contributed by atoms with van der Waals surface area (Å²) in [4.78, 5) is 15.8. The van der Waals surface area contributed by atoms with Gasteiger partial charge in [-0.1, -0.05) is 33.1 Å². The molecule has 18 heavy (non-hydrogen) atoms. The zero-order chi connectivity index (χ0) is 13.5. The van der Waals surface area contributed by atoms with Crippen molar-refractivity contribution in [3.05, 3.63) is 10.6 Å². The molecule has 1 heterocycles. The molecule has 0 aliphatic heterocycles. The fourth-order valence-electron chi connectivity index (χ4n) is 1.92. The number of aromatic nitrogens is 1. The Kier molecular flexibility index (Phi) is 6.12. The minimum Gasteiger partial charge on any atom is -0.476 e. The van der Waals surface area contributed by atoms with Crippen molar-refractivity contribution in [1.29, 1.82) is 0 Å². The van der Waals surface area contributed by atoms with Crippen LogP contribution in [0.4, 0.5) is 5.13 Å². The number of nitrogens with one attached hydrogen (secondary N) is 1. The van der Waals surface area contributed by atoms with E-state index < -0.39 is 5.97 Å². The lowest BCUT2D eigenvalue weighted by atomic mass is 10.1. The quantitative estimate of drug-likeness (QED) is 0.751. The first kappa shape index (κ1) is 15.0. The summed E-state index contributed by atoms with van der Waals surface area (Å²) >= 11 is 1.43. The summed E-state index contributed by atoms with van der Waals surface area (Å²) in [7, 11) is 0. The summed E-state index contributed by atoms with van der Waals surface area (Å²) in [6, 6.07) is 0.405. The molecule has 0 fully saturated rings. The largest absolute Gasteiger partial charge is 0.476 e. The second-order valence-corrected chi connectivity index (χ2v) is 5.70. The second kappa shape index (κ2) is 7.36. The topological polar surface area (TPSA) is 62.2 Å². The molecule has 4 nitrogen and oxygen atoms in total. The highest BCUT2D eigenvalue weighted by Gasteiger charge is 2.16. The molecule has 0 bridgehead atoms. The molecule has 1 aromatic rings. The van der Waals surface area contributed by atoms with Crippen LogP contribution in [0.3, 0.4) is 0 Å². The van der Waals surface area contributed by atoms with Crippen molar-refractivity contribution in [3.63, 3.8) is 0 Å². The van der Waals surface area contributed by atoms with Crippen LogP contribution < -0.4 is 5.32 Å². The molecule has 0 aliphatic carbocycles. The lowest BCUT2D eigenvalue weighted by molar-refractivity contribution is 0.0690. The Morgan fingerprint density at radius 2 is 2.11 bits per heavy atom. The number of nitrogens with zero attached hydrogens (tertiary/aromatic N) is 1. The third kappa shape index (κ3) is 4.29. The molecule has 0 amide bonds. The summed E-state index contributed by atoms with van der Waals surface area (Å²) in [5.41, 5.74) is 0.174. The number of hydrogen-bond acceptors (Lipinski definition) is 4. The SMILES string of the molecule is CCCCC(CCC)Nc1nc(C(=O)O)c(C)s1. The van der Waals surface area contributed by atoms with Crippen LogP contribution in [0.2, 0.25) is 0 Å². The van der Waals surface area contributed by atoms with Crippen molar-refractivity contribution < 1.29 is 9.90 Å². The average molecular weight is 270 g/mol.